The molecular weight excluding hydrogens is 360 g/mol. The van der Waals surface area contributed by atoms with E-state index in [1.165, 1.54) is 0 Å². The minimum Gasteiger partial charge on any atom is -0.493 e. The van der Waals surface area contributed by atoms with Crippen molar-refractivity contribution in [1.29, 1.82) is 0 Å². The average molecular weight is 392 g/mol. The molecule has 1 aliphatic heterocycles. The fraction of sp³-hybridized carbons (Fsp3) is 0.619. The van der Waals surface area contributed by atoms with Gasteiger partial charge in [0.15, 0.2) is 11.5 Å². The van der Waals surface area contributed by atoms with E-state index in [1.54, 1.807) is 19.1 Å². The molecule has 0 spiro atoms. The molecular formula is C21H32N2O5. The third-order valence-electron chi connectivity index (χ3n) is 4.59. The number of hydrogen-bond donors (Lipinski definition) is 0. The van der Waals surface area contributed by atoms with E-state index >= 15 is 0 Å². The number of amides is 2. The molecule has 28 heavy (non-hydrogen) atoms. The van der Waals surface area contributed by atoms with Gasteiger partial charge in [-0.3, -0.25) is 4.79 Å². The number of rotatable bonds is 6. The fourth-order valence-electron chi connectivity index (χ4n) is 3.10. The van der Waals surface area contributed by atoms with Gasteiger partial charge in [-0.05, 0) is 51.3 Å². The molecule has 0 unspecified atom stereocenters. The van der Waals surface area contributed by atoms with Crippen molar-refractivity contribution < 1.29 is 23.8 Å². The predicted octanol–water partition coefficient (Wildman–Crippen LogP) is 3.11. The molecule has 0 bridgehead atoms. The molecule has 0 radical (unpaired) electrons. The largest absolute Gasteiger partial charge is 0.493 e. The first-order chi connectivity index (χ1) is 13.2. The standard InChI is InChI=1S/C21H32N2O5/c1-21(2,3)28-20(25)23-13-11-22(12-14-23)19(24)8-6-7-16-9-10-17(26-4)18(15-16)27-5/h9-10,15H,6-8,11-14H2,1-5H3. The van der Waals surface area contributed by atoms with E-state index in [0.29, 0.717) is 44.1 Å². The van der Waals surface area contributed by atoms with Crippen molar-refractivity contribution in [3.8, 4) is 11.5 Å². The lowest BCUT2D eigenvalue weighted by Gasteiger charge is -2.35. The van der Waals surface area contributed by atoms with Gasteiger partial charge in [-0.15, -0.1) is 0 Å². The van der Waals surface area contributed by atoms with E-state index in [2.05, 4.69) is 0 Å². The van der Waals surface area contributed by atoms with Crippen LogP contribution in [0.4, 0.5) is 4.79 Å². The van der Waals surface area contributed by atoms with E-state index in [9.17, 15) is 9.59 Å². The van der Waals surface area contributed by atoms with Gasteiger partial charge in [-0.2, -0.15) is 0 Å². The first kappa shape index (κ1) is 21.9. The van der Waals surface area contributed by atoms with Crippen LogP contribution in [0.3, 0.4) is 0 Å². The zero-order valence-corrected chi connectivity index (χ0v) is 17.6. The molecule has 2 rings (SSSR count). The second kappa shape index (κ2) is 9.66. The molecule has 1 saturated heterocycles. The Balaban J connectivity index is 1.75. The number of hydrogen-bond acceptors (Lipinski definition) is 5. The van der Waals surface area contributed by atoms with E-state index in [-0.39, 0.29) is 12.0 Å². The first-order valence-corrected chi connectivity index (χ1v) is 9.70. The van der Waals surface area contributed by atoms with Gasteiger partial charge in [0, 0.05) is 32.6 Å². The summed E-state index contributed by atoms with van der Waals surface area (Å²) in [4.78, 5) is 28.1. The smallest absolute Gasteiger partial charge is 0.410 e. The molecule has 1 fully saturated rings. The highest BCUT2D eigenvalue weighted by molar-refractivity contribution is 5.76. The lowest BCUT2D eigenvalue weighted by atomic mass is 10.1. The van der Waals surface area contributed by atoms with Crippen LogP contribution in [0.15, 0.2) is 18.2 Å². The highest BCUT2D eigenvalue weighted by atomic mass is 16.6. The van der Waals surface area contributed by atoms with Crippen LogP contribution in [0.25, 0.3) is 0 Å². The quantitative estimate of drug-likeness (QED) is 0.744. The maximum Gasteiger partial charge on any atom is 0.410 e. The zero-order valence-electron chi connectivity index (χ0n) is 17.6. The topological polar surface area (TPSA) is 68.3 Å². The second-order valence-electron chi connectivity index (χ2n) is 7.89. The summed E-state index contributed by atoms with van der Waals surface area (Å²) in [5.41, 5.74) is 0.606. The summed E-state index contributed by atoms with van der Waals surface area (Å²) < 4.78 is 15.9. The average Bonchev–Trinajstić information content (AvgIpc) is 2.66. The van der Waals surface area contributed by atoms with Crippen LogP contribution >= 0.6 is 0 Å². The van der Waals surface area contributed by atoms with Gasteiger partial charge < -0.3 is 24.0 Å². The van der Waals surface area contributed by atoms with Crippen LogP contribution in [0.5, 0.6) is 11.5 Å². The SMILES string of the molecule is COc1ccc(CCCC(=O)N2CCN(C(=O)OC(C)(C)C)CC2)cc1OC. The Morgan fingerprint density at radius 1 is 0.964 bits per heavy atom. The molecule has 7 heteroatoms. The fourth-order valence-corrected chi connectivity index (χ4v) is 3.10. The second-order valence-corrected chi connectivity index (χ2v) is 7.89. The molecule has 0 aliphatic carbocycles. The monoisotopic (exact) mass is 392 g/mol. The Morgan fingerprint density at radius 3 is 2.14 bits per heavy atom. The number of carbonyl (C=O) groups is 2. The van der Waals surface area contributed by atoms with Gasteiger partial charge in [0.1, 0.15) is 5.60 Å². The molecule has 0 saturated carbocycles. The molecule has 0 aromatic heterocycles. The van der Waals surface area contributed by atoms with Crippen molar-refractivity contribution in [3.05, 3.63) is 23.8 Å². The van der Waals surface area contributed by atoms with Crippen molar-refractivity contribution >= 4 is 12.0 Å². The summed E-state index contributed by atoms with van der Waals surface area (Å²) in [6.45, 7) is 7.67. The Labute approximate surface area is 167 Å². The number of piperazine rings is 1. The molecule has 0 atom stereocenters. The van der Waals surface area contributed by atoms with Crippen molar-refractivity contribution in [2.24, 2.45) is 0 Å². The van der Waals surface area contributed by atoms with Crippen LogP contribution in [-0.4, -0.2) is 67.8 Å². The van der Waals surface area contributed by atoms with Crippen LogP contribution in [0, 0.1) is 0 Å². The maximum atomic E-state index is 12.5. The molecule has 1 heterocycles. The van der Waals surface area contributed by atoms with Crippen molar-refractivity contribution in [3.63, 3.8) is 0 Å². The number of ether oxygens (including phenoxy) is 3. The first-order valence-electron chi connectivity index (χ1n) is 9.70. The Kier molecular flexibility index (Phi) is 7.54. The number of carbonyl (C=O) groups excluding carboxylic acids is 2. The lowest BCUT2D eigenvalue weighted by Crippen LogP contribution is -2.51. The van der Waals surface area contributed by atoms with E-state index in [0.717, 1.165) is 18.4 Å². The van der Waals surface area contributed by atoms with Crippen LogP contribution in [0.1, 0.15) is 39.2 Å². The lowest BCUT2D eigenvalue weighted by molar-refractivity contribution is -0.133. The predicted molar refractivity (Wildman–Crippen MR) is 107 cm³/mol. The number of methoxy groups -OCH3 is 2. The molecule has 156 valence electrons. The van der Waals surface area contributed by atoms with Crippen LogP contribution in [0.2, 0.25) is 0 Å². The third-order valence-corrected chi connectivity index (χ3v) is 4.59. The molecule has 2 amide bonds. The number of benzene rings is 1. The Morgan fingerprint density at radius 2 is 1.57 bits per heavy atom. The summed E-state index contributed by atoms with van der Waals surface area (Å²) in [5, 5.41) is 0. The van der Waals surface area contributed by atoms with Gasteiger partial charge in [0.2, 0.25) is 5.91 Å². The minimum atomic E-state index is -0.506. The third kappa shape index (κ3) is 6.32. The van der Waals surface area contributed by atoms with E-state index in [4.69, 9.17) is 14.2 Å². The van der Waals surface area contributed by atoms with Crippen molar-refractivity contribution in [2.75, 3.05) is 40.4 Å². The van der Waals surface area contributed by atoms with Gasteiger partial charge in [0.05, 0.1) is 14.2 Å². The van der Waals surface area contributed by atoms with E-state index in [1.807, 2.05) is 43.9 Å². The number of nitrogens with zero attached hydrogens (tertiary/aromatic N) is 2. The summed E-state index contributed by atoms with van der Waals surface area (Å²) in [5.74, 6) is 1.53. The summed E-state index contributed by atoms with van der Waals surface area (Å²) >= 11 is 0. The maximum absolute atomic E-state index is 12.5. The Bertz CT molecular complexity index is 676. The molecule has 1 aromatic carbocycles. The summed E-state index contributed by atoms with van der Waals surface area (Å²) in [6, 6.07) is 5.82. The molecule has 0 N–H and O–H groups in total. The van der Waals surface area contributed by atoms with Gasteiger partial charge in [0.25, 0.3) is 0 Å². The zero-order chi connectivity index (χ0) is 20.7. The highest BCUT2D eigenvalue weighted by Crippen LogP contribution is 2.28. The van der Waals surface area contributed by atoms with Crippen LogP contribution in [-0.2, 0) is 16.0 Å². The van der Waals surface area contributed by atoms with Gasteiger partial charge >= 0.3 is 6.09 Å². The number of aryl methyl sites for hydroxylation is 1. The van der Waals surface area contributed by atoms with Gasteiger partial charge in [-0.1, -0.05) is 6.07 Å². The molecule has 7 nitrogen and oxygen atoms in total. The van der Waals surface area contributed by atoms with Crippen molar-refractivity contribution in [1.82, 2.24) is 9.80 Å². The summed E-state index contributed by atoms with van der Waals surface area (Å²) in [6.07, 6.45) is 1.73. The Hall–Kier alpha value is -2.44. The highest BCUT2D eigenvalue weighted by Gasteiger charge is 2.27. The van der Waals surface area contributed by atoms with Crippen LogP contribution < -0.4 is 9.47 Å². The van der Waals surface area contributed by atoms with Gasteiger partial charge in [-0.25, -0.2) is 4.79 Å². The normalized spacial score (nSPS) is 14.6. The molecule has 1 aliphatic rings. The molecule has 1 aromatic rings. The minimum absolute atomic E-state index is 0.129. The van der Waals surface area contributed by atoms with E-state index < -0.39 is 5.60 Å². The summed E-state index contributed by atoms with van der Waals surface area (Å²) in [7, 11) is 3.22. The van der Waals surface area contributed by atoms with Crippen molar-refractivity contribution in [2.45, 2.75) is 45.6 Å².